The van der Waals surface area contributed by atoms with E-state index in [9.17, 15) is 9.90 Å². The van der Waals surface area contributed by atoms with Crippen LogP contribution < -0.4 is 11.2 Å². The van der Waals surface area contributed by atoms with Gasteiger partial charge in [0.1, 0.15) is 28.5 Å². The highest BCUT2D eigenvalue weighted by atomic mass is 16.3. The minimum atomic E-state index is -1.44. The Hall–Kier alpha value is -3.96. The van der Waals surface area contributed by atoms with Gasteiger partial charge in [-0.05, 0) is 44.0 Å². The maximum absolute atomic E-state index is 13.1. The Labute approximate surface area is 172 Å². The lowest BCUT2D eigenvalue weighted by Gasteiger charge is -2.15. The summed E-state index contributed by atoms with van der Waals surface area (Å²) >= 11 is 0. The number of rotatable bonds is 3. The molecule has 4 heterocycles. The minimum Gasteiger partial charge on any atom is -0.384 e. The van der Waals surface area contributed by atoms with E-state index in [0.29, 0.717) is 40.4 Å². The molecule has 0 aliphatic heterocycles. The summed E-state index contributed by atoms with van der Waals surface area (Å²) in [6.07, 6.45) is 4.80. The van der Waals surface area contributed by atoms with Crippen LogP contribution >= 0.6 is 0 Å². The summed E-state index contributed by atoms with van der Waals surface area (Å²) in [6.45, 7) is 3.99. The number of aliphatic hydroxyl groups is 1. The number of pyridine rings is 3. The SMILES string of the molecule is CCn1c(N)c(-c2ncc[nH]2)c(=O)c2ccc(C#CC(C)(O)c3ccccn3)nc21. The van der Waals surface area contributed by atoms with E-state index in [1.54, 1.807) is 60.4 Å². The lowest BCUT2D eigenvalue weighted by atomic mass is 10.0. The molecule has 0 bridgehead atoms. The second-order valence-corrected chi connectivity index (χ2v) is 6.88. The number of aryl methyl sites for hydroxylation is 1. The van der Waals surface area contributed by atoms with E-state index in [0.717, 1.165) is 0 Å². The van der Waals surface area contributed by atoms with Gasteiger partial charge >= 0.3 is 0 Å². The zero-order valence-corrected chi connectivity index (χ0v) is 16.5. The fraction of sp³-hybridized carbons (Fsp3) is 0.182. The number of nitrogens with zero attached hydrogens (tertiary/aromatic N) is 4. The molecule has 4 N–H and O–H groups in total. The van der Waals surface area contributed by atoms with Crippen LogP contribution in [0.1, 0.15) is 25.2 Å². The molecule has 1 atom stereocenters. The molecule has 0 spiro atoms. The summed E-state index contributed by atoms with van der Waals surface area (Å²) in [5.74, 6) is 6.38. The Morgan fingerprint density at radius 2 is 2.07 bits per heavy atom. The van der Waals surface area contributed by atoms with Crippen LogP contribution in [0.4, 0.5) is 5.82 Å². The first kappa shape index (κ1) is 19.4. The quantitative estimate of drug-likeness (QED) is 0.452. The van der Waals surface area contributed by atoms with Gasteiger partial charge in [-0.25, -0.2) is 9.97 Å². The number of hydrogen-bond donors (Lipinski definition) is 3. The molecule has 150 valence electrons. The topological polar surface area (TPSA) is 123 Å². The fourth-order valence-electron chi connectivity index (χ4n) is 3.25. The Morgan fingerprint density at radius 1 is 1.23 bits per heavy atom. The highest BCUT2D eigenvalue weighted by Crippen LogP contribution is 2.24. The number of nitrogens with two attached hydrogens (primary N) is 1. The number of hydrogen-bond acceptors (Lipinski definition) is 6. The molecule has 0 radical (unpaired) electrons. The van der Waals surface area contributed by atoms with E-state index in [4.69, 9.17) is 5.73 Å². The maximum Gasteiger partial charge on any atom is 0.204 e. The van der Waals surface area contributed by atoms with E-state index in [2.05, 4.69) is 31.8 Å². The van der Waals surface area contributed by atoms with Crippen LogP contribution in [0, 0.1) is 11.8 Å². The van der Waals surface area contributed by atoms with Gasteiger partial charge in [0.05, 0.1) is 11.1 Å². The molecule has 1 unspecified atom stereocenters. The Kier molecular flexibility index (Phi) is 4.82. The van der Waals surface area contributed by atoms with Crippen LogP contribution in [0.5, 0.6) is 0 Å². The van der Waals surface area contributed by atoms with Crippen molar-refractivity contribution in [2.24, 2.45) is 0 Å². The summed E-state index contributed by atoms with van der Waals surface area (Å²) in [7, 11) is 0. The molecular formula is C22H20N6O2. The molecule has 0 fully saturated rings. The van der Waals surface area contributed by atoms with Crippen molar-refractivity contribution in [1.29, 1.82) is 0 Å². The molecule has 0 aromatic carbocycles. The standard InChI is InChI=1S/C22H20N6O2/c1-3-28-19(23)17(20-25-12-13-26-20)18(29)15-8-7-14(27-21(15)28)9-10-22(2,30)16-6-4-5-11-24-16/h4-8,11-13,30H,3,23H2,1-2H3,(H,25,26). The first-order chi connectivity index (χ1) is 14.4. The third-order valence-electron chi connectivity index (χ3n) is 4.80. The normalized spacial score (nSPS) is 12.9. The van der Waals surface area contributed by atoms with Gasteiger partial charge in [-0.15, -0.1) is 0 Å². The van der Waals surface area contributed by atoms with Gasteiger partial charge in [0, 0.05) is 25.1 Å². The van der Waals surface area contributed by atoms with Crippen LogP contribution in [-0.2, 0) is 12.1 Å². The first-order valence-corrected chi connectivity index (χ1v) is 9.42. The van der Waals surface area contributed by atoms with Gasteiger partial charge in [0.15, 0.2) is 5.60 Å². The molecule has 0 aliphatic rings. The number of nitrogen functional groups attached to an aromatic ring is 1. The van der Waals surface area contributed by atoms with Crippen LogP contribution in [0.2, 0.25) is 0 Å². The van der Waals surface area contributed by atoms with Crippen molar-refractivity contribution in [1.82, 2.24) is 24.5 Å². The second-order valence-electron chi connectivity index (χ2n) is 6.88. The van der Waals surface area contributed by atoms with E-state index in [1.807, 2.05) is 6.92 Å². The molecule has 4 aromatic rings. The molecule has 30 heavy (non-hydrogen) atoms. The van der Waals surface area contributed by atoms with Crippen molar-refractivity contribution < 1.29 is 5.11 Å². The Morgan fingerprint density at radius 3 is 2.73 bits per heavy atom. The summed E-state index contributed by atoms with van der Waals surface area (Å²) in [6, 6.07) is 8.57. The van der Waals surface area contributed by atoms with E-state index >= 15 is 0 Å². The summed E-state index contributed by atoms with van der Waals surface area (Å²) < 4.78 is 1.75. The second kappa shape index (κ2) is 7.46. The molecule has 8 nitrogen and oxygen atoms in total. The number of imidazole rings is 1. The van der Waals surface area contributed by atoms with Gasteiger partial charge in [-0.3, -0.25) is 9.78 Å². The smallest absolute Gasteiger partial charge is 0.204 e. The van der Waals surface area contributed by atoms with E-state index < -0.39 is 5.60 Å². The number of aromatic amines is 1. The highest BCUT2D eigenvalue weighted by molar-refractivity contribution is 5.86. The van der Waals surface area contributed by atoms with Crippen molar-refractivity contribution in [2.45, 2.75) is 26.0 Å². The number of fused-ring (bicyclic) bond motifs is 1. The first-order valence-electron chi connectivity index (χ1n) is 9.42. The van der Waals surface area contributed by atoms with Crippen molar-refractivity contribution in [3.05, 3.63) is 70.5 Å². The Bertz CT molecular complexity index is 1330. The van der Waals surface area contributed by atoms with E-state index in [1.165, 1.54) is 0 Å². The van der Waals surface area contributed by atoms with Crippen molar-refractivity contribution in [2.75, 3.05) is 5.73 Å². The van der Waals surface area contributed by atoms with Crippen molar-refractivity contribution >= 4 is 16.9 Å². The third kappa shape index (κ3) is 3.32. The number of nitrogens with one attached hydrogen (secondary N) is 1. The predicted molar refractivity (Wildman–Crippen MR) is 114 cm³/mol. The lowest BCUT2D eigenvalue weighted by molar-refractivity contribution is 0.117. The van der Waals surface area contributed by atoms with E-state index in [-0.39, 0.29) is 11.2 Å². The lowest BCUT2D eigenvalue weighted by Crippen LogP contribution is -2.20. The zero-order valence-electron chi connectivity index (χ0n) is 16.5. The Balaban J connectivity index is 1.85. The summed E-state index contributed by atoms with van der Waals surface area (Å²) in [4.78, 5) is 28.8. The van der Waals surface area contributed by atoms with Gasteiger partial charge in [-0.2, -0.15) is 0 Å². The molecule has 8 heteroatoms. The molecule has 0 aliphatic carbocycles. The van der Waals surface area contributed by atoms with Crippen LogP contribution in [0.3, 0.4) is 0 Å². The molecule has 4 aromatic heterocycles. The van der Waals surface area contributed by atoms with Gasteiger partial charge in [0.2, 0.25) is 5.43 Å². The van der Waals surface area contributed by atoms with Crippen molar-refractivity contribution in [3.8, 4) is 23.2 Å². The molecule has 0 saturated heterocycles. The minimum absolute atomic E-state index is 0.255. The summed E-state index contributed by atoms with van der Waals surface area (Å²) in [5.41, 5.74) is 6.20. The van der Waals surface area contributed by atoms with Gasteiger partial charge < -0.3 is 20.4 Å². The molecule has 0 amide bonds. The monoisotopic (exact) mass is 400 g/mol. The number of anilines is 1. The fourth-order valence-corrected chi connectivity index (χ4v) is 3.25. The molecular weight excluding hydrogens is 380 g/mol. The zero-order chi connectivity index (χ0) is 21.3. The van der Waals surface area contributed by atoms with Crippen molar-refractivity contribution in [3.63, 3.8) is 0 Å². The van der Waals surface area contributed by atoms with Gasteiger partial charge in [-0.1, -0.05) is 12.0 Å². The van der Waals surface area contributed by atoms with Crippen LogP contribution in [0.25, 0.3) is 22.4 Å². The molecule has 4 rings (SSSR count). The maximum atomic E-state index is 13.1. The number of aromatic nitrogens is 5. The third-order valence-corrected chi connectivity index (χ3v) is 4.80. The van der Waals surface area contributed by atoms with Crippen LogP contribution in [0.15, 0.2) is 53.7 Å². The average Bonchev–Trinajstić information content (AvgIpc) is 3.27. The predicted octanol–water partition coefficient (Wildman–Crippen LogP) is 2.04. The summed E-state index contributed by atoms with van der Waals surface area (Å²) in [5, 5.41) is 11.1. The average molecular weight is 400 g/mol. The van der Waals surface area contributed by atoms with Crippen LogP contribution in [-0.4, -0.2) is 29.6 Å². The number of H-pyrrole nitrogens is 1. The highest BCUT2D eigenvalue weighted by Gasteiger charge is 2.22. The van der Waals surface area contributed by atoms with Gasteiger partial charge in [0.25, 0.3) is 0 Å². The largest absolute Gasteiger partial charge is 0.384 e. The molecule has 0 saturated carbocycles.